The van der Waals surface area contributed by atoms with Crippen molar-refractivity contribution >= 4 is 36.2 Å². The Balaban J connectivity index is 1.40. The second-order valence-electron chi connectivity index (χ2n) is 10.5. The number of carbonyl (C=O) groups excluding carboxylic acids is 6. The topological polar surface area (TPSA) is 176 Å². The van der Waals surface area contributed by atoms with Crippen LogP contribution in [0.2, 0.25) is 0 Å². The molecule has 3 aromatic rings. The molecule has 0 amide bonds. The summed E-state index contributed by atoms with van der Waals surface area (Å²) in [7, 11) is 0. The highest BCUT2D eigenvalue weighted by molar-refractivity contribution is 5.92. The standard InChI is InChI=1S/C37H38O14/c1-4-32(38)44-20-6-8-22-46-36(42)49-28-14-10-26(11-15-28)34(40)48-30-18-19-31(25(3)24-30)51-35(41)27-12-16-29(17-13-27)50-37(43)47-23-9-7-21-45-33(39)5-2/h4,10-19,24H,1,5-9,20-23H2,2-3H3. The monoisotopic (exact) mass is 706 g/mol. The molecule has 0 N–H and O–H groups in total. The first-order chi connectivity index (χ1) is 24.6. The fourth-order valence-electron chi connectivity index (χ4n) is 3.93. The van der Waals surface area contributed by atoms with Crippen molar-refractivity contribution in [1.82, 2.24) is 0 Å². The molecule has 0 saturated heterocycles. The molecule has 0 saturated carbocycles. The van der Waals surface area contributed by atoms with Crippen molar-refractivity contribution in [3.8, 4) is 23.0 Å². The van der Waals surface area contributed by atoms with Crippen molar-refractivity contribution in [3.05, 3.63) is 96.1 Å². The van der Waals surface area contributed by atoms with Gasteiger partial charge in [-0.05, 0) is 105 Å². The summed E-state index contributed by atoms with van der Waals surface area (Å²) < 4.78 is 40.8. The van der Waals surface area contributed by atoms with Crippen LogP contribution in [0.25, 0.3) is 0 Å². The largest absolute Gasteiger partial charge is 0.513 e. The van der Waals surface area contributed by atoms with E-state index in [4.69, 9.17) is 37.9 Å². The molecule has 14 heteroatoms. The molecule has 0 unspecified atom stereocenters. The first-order valence-electron chi connectivity index (χ1n) is 16.0. The molecule has 14 nitrogen and oxygen atoms in total. The third-order valence-electron chi connectivity index (χ3n) is 6.62. The number of esters is 4. The molecule has 0 bridgehead atoms. The van der Waals surface area contributed by atoms with Crippen molar-refractivity contribution in [2.75, 3.05) is 26.4 Å². The molecule has 51 heavy (non-hydrogen) atoms. The Morgan fingerprint density at radius 3 is 1.49 bits per heavy atom. The SMILES string of the molecule is C=CC(=O)OCCCCOC(=O)Oc1ccc(C(=O)Oc2ccc(OC(=O)c3ccc(OC(=O)OCCCCOC(=O)CC)cc3)c(C)c2)cc1. The number of ether oxygens (including phenoxy) is 8. The van der Waals surface area contributed by atoms with Gasteiger partial charge in [0.15, 0.2) is 0 Å². The predicted octanol–water partition coefficient (Wildman–Crippen LogP) is 6.71. The number of hydrogen-bond donors (Lipinski definition) is 0. The molecule has 0 fully saturated rings. The average molecular weight is 707 g/mol. The predicted molar refractivity (Wildman–Crippen MR) is 179 cm³/mol. The summed E-state index contributed by atoms with van der Waals surface area (Å²) in [5, 5.41) is 0. The van der Waals surface area contributed by atoms with Crippen LogP contribution < -0.4 is 18.9 Å². The lowest BCUT2D eigenvalue weighted by atomic mass is 10.2. The molecule has 0 aliphatic heterocycles. The quantitative estimate of drug-likeness (QED) is 0.0341. The van der Waals surface area contributed by atoms with Gasteiger partial charge < -0.3 is 37.9 Å². The van der Waals surface area contributed by atoms with Crippen molar-refractivity contribution < 1.29 is 66.7 Å². The Morgan fingerprint density at radius 1 is 0.569 bits per heavy atom. The maximum absolute atomic E-state index is 12.7. The van der Waals surface area contributed by atoms with Crippen LogP contribution in [-0.4, -0.2) is 62.6 Å². The zero-order valence-corrected chi connectivity index (χ0v) is 28.2. The van der Waals surface area contributed by atoms with E-state index in [9.17, 15) is 28.8 Å². The number of carbonyl (C=O) groups is 6. The third-order valence-corrected chi connectivity index (χ3v) is 6.62. The Labute approximate surface area is 294 Å². The van der Waals surface area contributed by atoms with Gasteiger partial charge in [0.1, 0.15) is 23.0 Å². The minimum Gasteiger partial charge on any atom is -0.466 e. The Kier molecular flexibility index (Phi) is 16.2. The number of unbranched alkanes of at least 4 members (excludes halogenated alkanes) is 2. The maximum atomic E-state index is 12.7. The molecule has 3 rings (SSSR count). The number of rotatable bonds is 18. The Bertz CT molecular complexity index is 1660. The van der Waals surface area contributed by atoms with Crippen LogP contribution in [0.1, 0.15) is 65.3 Å². The van der Waals surface area contributed by atoms with Gasteiger partial charge in [-0.15, -0.1) is 0 Å². The molecular weight excluding hydrogens is 668 g/mol. The average Bonchev–Trinajstić information content (AvgIpc) is 3.12. The van der Waals surface area contributed by atoms with Crippen LogP contribution >= 0.6 is 0 Å². The summed E-state index contributed by atoms with van der Waals surface area (Å²) in [6, 6.07) is 15.8. The minimum absolute atomic E-state index is 0.0682. The second-order valence-corrected chi connectivity index (χ2v) is 10.5. The van der Waals surface area contributed by atoms with Gasteiger partial charge in [0.2, 0.25) is 0 Å². The molecule has 3 aromatic carbocycles. The molecule has 0 radical (unpaired) electrons. The highest BCUT2D eigenvalue weighted by Gasteiger charge is 2.15. The summed E-state index contributed by atoms with van der Waals surface area (Å²) in [6.07, 6.45) is 1.52. The van der Waals surface area contributed by atoms with Crippen LogP contribution in [0.4, 0.5) is 9.59 Å². The summed E-state index contributed by atoms with van der Waals surface area (Å²) in [5.74, 6) is -1.41. The maximum Gasteiger partial charge on any atom is 0.513 e. The number of hydrogen-bond acceptors (Lipinski definition) is 14. The molecule has 0 heterocycles. The number of benzene rings is 3. The number of aryl methyl sites for hydroxylation is 1. The Hall–Kier alpha value is -6.18. The lowest BCUT2D eigenvalue weighted by molar-refractivity contribution is -0.143. The highest BCUT2D eigenvalue weighted by Crippen LogP contribution is 2.26. The summed E-state index contributed by atoms with van der Waals surface area (Å²) in [4.78, 5) is 71.3. The van der Waals surface area contributed by atoms with Crippen LogP contribution in [0.5, 0.6) is 23.0 Å². The van der Waals surface area contributed by atoms with Gasteiger partial charge in [-0.3, -0.25) is 4.79 Å². The normalized spacial score (nSPS) is 10.2. The van der Waals surface area contributed by atoms with Crippen LogP contribution in [0.15, 0.2) is 79.4 Å². The van der Waals surface area contributed by atoms with Gasteiger partial charge in [-0.2, -0.15) is 0 Å². The zero-order valence-electron chi connectivity index (χ0n) is 28.2. The lowest BCUT2D eigenvalue weighted by Crippen LogP contribution is -2.13. The zero-order chi connectivity index (χ0) is 37.0. The smallest absolute Gasteiger partial charge is 0.466 e. The molecule has 0 aliphatic carbocycles. The van der Waals surface area contributed by atoms with Crippen molar-refractivity contribution in [2.24, 2.45) is 0 Å². The fraction of sp³-hybridized carbons (Fsp3) is 0.297. The summed E-state index contributed by atoms with van der Waals surface area (Å²) >= 11 is 0. The van der Waals surface area contributed by atoms with E-state index >= 15 is 0 Å². The van der Waals surface area contributed by atoms with E-state index in [1.54, 1.807) is 13.8 Å². The van der Waals surface area contributed by atoms with Gasteiger partial charge in [0.05, 0.1) is 37.6 Å². The van der Waals surface area contributed by atoms with Crippen LogP contribution in [-0.2, 0) is 28.5 Å². The van der Waals surface area contributed by atoms with Crippen LogP contribution in [0.3, 0.4) is 0 Å². The first kappa shape index (κ1) is 39.3. The lowest BCUT2D eigenvalue weighted by Gasteiger charge is -2.11. The van der Waals surface area contributed by atoms with Crippen LogP contribution in [0, 0.1) is 6.92 Å². The fourth-order valence-corrected chi connectivity index (χ4v) is 3.93. The summed E-state index contributed by atoms with van der Waals surface area (Å²) in [6.45, 7) is 7.26. The van der Waals surface area contributed by atoms with E-state index in [1.165, 1.54) is 66.7 Å². The molecular formula is C37H38O14. The van der Waals surface area contributed by atoms with Crippen molar-refractivity contribution in [3.63, 3.8) is 0 Å². The molecule has 0 atom stereocenters. The van der Waals surface area contributed by atoms with Gasteiger partial charge in [-0.1, -0.05) is 13.5 Å². The molecule has 0 aromatic heterocycles. The van der Waals surface area contributed by atoms with Crippen molar-refractivity contribution in [1.29, 1.82) is 0 Å². The van der Waals surface area contributed by atoms with E-state index < -0.39 is 30.2 Å². The van der Waals surface area contributed by atoms with Crippen molar-refractivity contribution in [2.45, 2.75) is 46.0 Å². The van der Waals surface area contributed by atoms with E-state index in [0.717, 1.165) is 6.08 Å². The molecule has 0 aliphatic rings. The highest BCUT2D eigenvalue weighted by atomic mass is 16.7. The van der Waals surface area contributed by atoms with E-state index in [1.807, 2.05) is 0 Å². The summed E-state index contributed by atoms with van der Waals surface area (Å²) in [5.41, 5.74) is 0.891. The molecule has 270 valence electrons. The molecule has 0 spiro atoms. The second kappa shape index (κ2) is 21.0. The first-order valence-corrected chi connectivity index (χ1v) is 16.0. The van der Waals surface area contributed by atoms with Gasteiger partial charge >= 0.3 is 36.2 Å². The minimum atomic E-state index is -0.925. The Morgan fingerprint density at radius 2 is 1.02 bits per heavy atom. The van der Waals surface area contributed by atoms with E-state index in [-0.39, 0.29) is 66.5 Å². The van der Waals surface area contributed by atoms with Gasteiger partial charge in [-0.25, -0.2) is 24.0 Å². The van der Waals surface area contributed by atoms with E-state index in [0.29, 0.717) is 37.7 Å². The van der Waals surface area contributed by atoms with E-state index in [2.05, 4.69) is 6.58 Å². The van der Waals surface area contributed by atoms with Gasteiger partial charge in [0.25, 0.3) is 0 Å². The van der Waals surface area contributed by atoms with Gasteiger partial charge in [0, 0.05) is 12.5 Å². The third kappa shape index (κ3) is 14.5.